The molecule has 0 bridgehead atoms. The Kier molecular flexibility index (Phi) is 5.18. The highest BCUT2D eigenvalue weighted by Crippen LogP contribution is 2.39. The van der Waals surface area contributed by atoms with Crippen molar-refractivity contribution in [2.75, 3.05) is 33.3 Å². The summed E-state index contributed by atoms with van der Waals surface area (Å²) < 4.78 is 5.48. The van der Waals surface area contributed by atoms with E-state index in [2.05, 4.69) is 4.90 Å². The maximum Gasteiger partial charge on any atom is 0.0923 e. The standard InChI is InChI=1S/C12H26N2O2/c1-10(2)16-7-6-14(3)9-12(15,8-13)11-4-5-11/h10-11,15H,4-9,13H2,1-3H3. The van der Waals surface area contributed by atoms with E-state index in [0.717, 1.165) is 19.4 Å². The SMILES string of the molecule is CC(C)OCCN(C)CC(O)(CN)C1CC1. The Labute approximate surface area is 98.8 Å². The van der Waals surface area contributed by atoms with Crippen molar-refractivity contribution in [2.45, 2.75) is 38.4 Å². The van der Waals surface area contributed by atoms with Crippen LogP contribution in [0.15, 0.2) is 0 Å². The first-order valence-electron chi connectivity index (χ1n) is 6.20. The second-order valence-electron chi connectivity index (χ2n) is 5.24. The first-order chi connectivity index (χ1) is 7.48. The molecule has 1 rings (SSSR count). The average Bonchev–Trinajstić information content (AvgIpc) is 3.00. The lowest BCUT2D eigenvalue weighted by Gasteiger charge is -2.31. The molecule has 0 saturated heterocycles. The first kappa shape index (κ1) is 13.9. The lowest BCUT2D eigenvalue weighted by atomic mass is 9.97. The normalized spacial score (nSPS) is 20.4. The molecule has 0 amide bonds. The third-order valence-corrected chi connectivity index (χ3v) is 3.16. The molecule has 1 saturated carbocycles. The summed E-state index contributed by atoms with van der Waals surface area (Å²) in [7, 11) is 2.01. The van der Waals surface area contributed by atoms with Crippen LogP contribution in [0.5, 0.6) is 0 Å². The number of nitrogens with zero attached hydrogens (tertiary/aromatic N) is 1. The number of hydrogen-bond acceptors (Lipinski definition) is 4. The number of aliphatic hydroxyl groups is 1. The van der Waals surface area contributed by atoms with Crippen LogP contribution in [0, 0.1) is 5.92 Å². The van der Waals surface area contributed by atoms with Crippen LogP contribution in [0.1, 0.15) is 26.7 Å². The average molecular weight is 230 g/mol. The summed E-state index contributed by atoms with van der Waals surface area (Å²) in [6.07, 6.45) is 2.50. The molecule has 16 heavy (non-hydrogen) atoms. The second kappa shape index (κ2) is 5.96. The summed E-state index contributed by atoms with van der Waals surface area (Å²) >= 11 is 0. The van der Waals surface area contributed by atoms with Crippen LogP contribution < -0.4 is 5.73 Å². The van der Waals surface area contributed by atoms with E-state index in [1.165, 1.54) is 0 Å². The van der Waals surface area contributed by atoms with Crippen LogP contribution in [-0.2, 0) is 4.74 Å². The molecule has 3 N–H and O–H groups in total. The molecular formula is C12H26N2O2. The predicted molar refractivity (Wildman–Crippen MR) is 65.3 cm³/mol. The second-order valence-corrected chi connectivity index (χ2v) is 5.24. The van der Waals surface area contributed by atoms with Crippen LogP contribution in [0.25, 0.3) is 0 Å². The van der Waals surface area contributed by atoms with Gasteiger partial charge in [-0.2, -0.15) is 0 Å². The van der Waals surface area contributed by atoms with Gasteiger partial charge in [0, 0.05) is 19.6 Å². The summed E-state index contributed by atoms with van der Waals surface area (Å²) in [4.78, 5) is 2.10. The molecule has 0 aliphatic heterocycles. The Morgan fingerprint density at radius 1 is 1.50 bits per heavy atom. The minimum atomic E-state index is -0.688. The molecule has 0 radical (unpaired) electrons. The van der Waals surface area contributed by atoms with Gasteiger partial charge in [-0.05, 0) is 39.7 Å². The topological polar surface area (TPSA) is 58.7 Å². The fourth-order valence-corrected chi connectivity index (χ4v) is 1.97. The molecule has 1 aliphatic rings. The maximum absolute atomic E-state index is 10.3. The highest BCUT2D eigenvalue weighted by Gasteiger charge is 2.43. The molecule has 1 fully saturated rings. The van der Waals surface area contributed by atoms with E-state index >= 15 is 0 Å². The Balaban J connectivity index is 2.23. The molecule has 1 atom stereocenters. The van der Waals surface area contributed by atoms with Crippen molar-refractivity contribution < 1.29 is 9.84 Å². The summed E-state index contributed by atoms with van der Waals surface area (Å²) in [5.41, 5.74) is 4.98. The maximum atomic E-state index is 10.3. The highest BCUT2D eigenvalue weighted by atomic mass is 16.5. The number of nitrogens with two attached hydrogens (primary N) is 1. The molecule has 1 unspecified atom stereocenters. The summed E-state index contributed by atoms with van der Waals surface area (Å²) in [6, 6.07) is 0. The van der Waals surface area contributed by atoms with Crippen molar-refractivity contribution >= 4 is 0 Å². The Hall–Kier alpha value is -0.160. The lowest BCUT2D eigenvalue weighted by molar-refractivity contribution is -0.0118. The Morgan fingerprint density at radius 2 is 2.12 bits per heavy atom. The zero-order valence-electron chi connectivity index (χ0n) is 10.8. The van der Waals surface area contributed by atoms with E-state index in [1.807, 2.05) is 20.9 Å². The van der Waals surface area contributed by atoms with Gasteiger partial charge in [-0.25, -0.2) is 0 Å². The van der Waals surface area contributed by atoms with Gasteiger partial charge in [0.25, 0.3) is 0 Å². The van der Waals surface area contributed by atoms with E-state index in [0.29, 0.717) is 25.6 Å². The van der Waals surface area contributed by atoms with E-state index in [-0.39, 0.29) is 6.10 Å². The number of rotatable bonds is 8. The number of hydrogen-bond donors (Lipinski definition) is 2. The monoisotopic (exact) mass is 230 g/mol. The van der Waals surface area contributed by atoms with Crippen molar-refractivity contribution in [3.63, 3.8) is 0 Å². The zero-order chi connectivity index (χ0) is 12.2. The van der Waals surface area contributed by atoms with Crippen LogP contribution >= 0.6 is 0 Å². The van der Waals surface area contributed by atoms with Crippen molar-refractivity contribution in [1.82, 2.24) is 4.90 Å². The molecule has 0 aromatic carbocycles. The largest absolute Gasteiger partial charge is 0.387 e. The fourth-order valence-electron chi connectivity index (χ4n) is 1.97. The van der Waals surface area contributed by atoms with Crippen LogP contribution in [-0.4, -0.2) is 55.0 Å². The summed E-state index contributed by atoms with van der Waals surface area (Å²) in [6.45, 7) is 6.61. The molecule has 96 valence electrons. The summed E-state index contributed by atoms with van der Waals surface area (Å²) in [5, 5.41) is 10.3. The zero-order valence-corrected chi connectivity index (χ0v) is 10.8. The smallest absolute Gasteiger partial charge is 0.0923 e. The van der Waals surface area contributed by atoms with Gasteiger partial charge in [-0.1, -0.05) is 0 Å². The minimum absolute atomic E-state index is 0.269. The van der Waals surface area contributed by atoms with Gasteiger partial charge in [0.1, 0.15) is 0 Å². The van der Waals surface area contributed by atoms with Crippen molar-refractivity contribution in [2.24, 2.45) is 11.7 Å². The molecule has 0 heterocycles. The third-order valence-electron chi connectivity index (χ3n) is 3.16. The van der Waals surface area contributed by atoms with Gasteiger partial charge < -0.3 is 20.5 Å². The van der Waals surface area contributed by atoms with E-state index in [1.54, 1.807) is 0 Å². The van der Waals surface area contributed by atoms with E-state index in [9.17, 15) is 5.11 Å². The molecule has 4 nitrogen and oxygen atoms in total. The third kappa shape index (κ3) is 4.37. The van der Waals surface area contributed by atoms with Gasteiger partial charge in [0.2, 0.25) is 0 Å². The van der Waals surface area contributed by atoms with E-state index < -0.39 is 5.60 Å². The predicted octanol–water partition coefficient (Wildman–Crippen LogP) is 0.443. The Bertz CT molecular complexity index is 207. The van der Waals surface area contributed by atoms with Gasteiger partial charge in [0.15, 0.2) is 0 Å². The molecule has 0 aromatic rings. The van der Waals surface area contributed by atoms with E-state index in [4.69, 9.17) is 10.5 Å². The lowest BCUT2D eigenvalue weighted by Crippen LogP contribution is -2.49. The van der Waals surface area contributed by atoms with Crippen molar-refractivity contribution in [3.05, 3.63) is 0 Å². The molecule has 1 aliphatic carbocycles. The summed E-state index contributed by atoms with van der Waals surface area (Å²) in [5.74, 6) is 0.408. The number of likely N-dealkylation sites (N-methyl/N-ethyl adjacent to an activating group) is 1. The van der Waals surface area contributed by atoms with Gasteiger partial charge in [-0.15, -0.1) is 0 Å². The van der Waals surface area contributed by atoms with Crippen LogP contribution in [0.3, 0.4) is 0 Å². The fraction of sp³-hybridized carbons (Fsp3) is 1.00. The molecular weight excluding hydrogens is 204 g/mol. The first-order valence-corrected chi connectivity index (χ1v) is 6.20. The van der Waals surface area contributed by atoms with Crippen molar-refractivity contribution in [1.29, 1.82) is 0 Å². The quantitative estimate of drug-likeness (QED) is 0.635. The van der Waals surface area contributed by atoms with Gasteiger partial charge >= 0.3 is 0 Å². The van der Waals surface area contributed by atoms with Crippen LogP contribution in [0.4, 0.5) is 0 Å². The molecule has 4 heteroatoms. The van der Waals surface area contributed by atoms with Gasteiger partial charge in [0.05, 0.1) is 18.3 Å². The van der Waals surface area contributed by atoms with Gasteiger partial charge in [-0.3, -0.25) is 0 Å². The number of ether oxygens (including phenoxy) is 1. The van der Waals surface area contributed by atoms with Crippen LogP contribution in [0.2, 0.25) is 0 Å². The minimum Gasteiger partial charge on any atom is -0.387 e. The molecule has 0 aromatic heterocycles. The Morgan fingerprint density at radius 3 is 2.56 bits per heavy atom. The van der Waals surface area contributed by atoms with Crippen molar-refractivity contribution in [3.8, 4) is 0 Å². The molecule has 0 spiro atoms. The highest BCUT2D eigenvalue weighted by molar-refractivity contribution is 4.97.